The topological polar surface area (TPSA) is 111 Å². The van der Waals surface area contributed by atoms with Gasteiger partial charge in [-0.25, -0.2) is 4.57 Å². The summed E-state index contributed by atoms with van der Waals surface area (Å²) in [4.78, 5) is 11.8. The number of phosphoric acid groups is 1. The Labute approximate surface area is 261 Å². The van der Waals surface area contributed by atoms with Crippen LogP contribution >= 0.6 is 29.4 Å². The lowest BCUT2D eigenvalue weighted by Gasteiger charge is -2.27. The van der Waals surface area contributed by atoms with Gasteiger partial charge in [-0.3, -0.25) is 18.4 Å². The minimum absolute atomic E-state index is 0.00841. The fourth-order valence-corrected chi connectivity index (χ4v) is 9.10. The van der Waals surface area contributed by atoms with Crippen LogP contribution < -0.4 is 5.32 Å². The fourth-order valence-electron chi connectivity index (χ4n) is 4.88. The van der Waals surface area contributed by atoms with E-state index in [0.717, 1.165) is 18.6 Å². The predicted octanol–water partition coefficient (Wildman–Crippen LogP) is 5.49. The van der Waals surface area contributed by atoms with E-state index >= 15 is 0 Å². The molecular weight excluding hydrogens is 601 g/mol. The molecule has 0 aromatic rings. The van der Waals surface area contributed by atoms with Gasteiger partial charge in [-0.05, 0) is 47.0 Å². The molecule has 9 atom stereocenters. The van der Waals surface area contributed by atoms with Crippen molar-refractivity contribution in [1.29, 1.82) is 0 Å². The highest BCUT2D eigenvalue weighted by molar-refractivity contribution is 8.77. The monoisotopic (exact) mass is 653 g/mol. The molecule has 2 aliphatic heterocycles. The molecule has 0 radical (unpaired) electrons. The molecule has 0 bridgehead atoms. The largest absolute Gasteiger partial charge is 0.475 e. The highest BCUT2D eigenvalue weighted by atomic mass is 33.1. The van der Waals surface area contributed by atoms with E-state index in [-0.39, 0.29) is 72.8 Å². The van der Waals surface area contributed by atoms with E-state index < -0.39 is 13.9 Å². The average molecular weight is 654 g/mol. The van der Waals surface area contributed by atoms with Crippen molar-refractivity contribution in [2.45, 2.75) is 109 Å². The first-order valence-electron chi connectivity index (χ1n) is 14.8. The number of hydrogen-bond donors (Lipinski definition) is 1. The maximum atomic E-state index is 14.0. The van der Waals surface area contributed by atoms with Crippen molar-refractivity contribution in [2.75, 3.05) is 46.3 Å². The van der Waals surface area contributed by atoms with E-state index in [4.69, 9.17) is 38.9 Å². The van der Waals surface area contributed by atoms with E-state index in [2.05, 4.69) is 32.0 Å². The number of ether oxygens (including phenoxy) is 4. The number of amides is 1. The van der Waals surface area contributed by atoms with Crippen LogP contribution in [0.4, 0.5) is 0 Å². The third-order valence-electron chi connectivity index (χ3n) is 7.78. The van der Waals surface area contributed by atoms with E-state index in [1.807, 2.05) is 20.8 Å². The van der Waals surface area contributed by atoms with Gasteiger partial charge < -0.3 is 24.3 Å². The van der Waals surface area contributed by atoms with E-state index in [0.29, 0.717) is 19.4 Å². The lowest BCUT2D eigenvalue weighted by Crippen LogP contribution is -2.34. The van der Waals surface area contributed by atoms with Crippen LogP contribution in [0, 0.1) is 24.2 Å². The number of phosphoric ester groups is 1. The molecule has 1 amide bonds. The zero-order valence-corrected chi connectivity index (χ0v) is 29.0. The van der Waals surface area contributed by atoms with E-state index in [1.165, 1.54) is 0 Å². The standard InChI is InChI=1S/C29H52NO9PS2/c1-10-15-30-26(31)13-14-29(6,7)42-41-17-12-11-16-35-40(32,36-19-25-27(34-9)20(2)22(4)38-25)39-28-21(3)23(5)37-24(28)18-33-8/h1,20-25,27-28H,11-19H2,2-9H3,(H,30,31). The lowest BCUT2D eigenvalue weighted by atomic mass is 9.99. The summed E-state index contributed by atoms with van der Waals surface area (Å²) in [5, 5.41) is 2.70. The molecule has 2 aliphatic rings. The minimum Gasteiger partial charge on any atom is -0.382 e. The van der Waals surface area contributed by atoms with Crippen LogP contribution in [0.25, 0.3) is 0 Å². The number of carbonyl (C=O) groups is 1. The summed E-state index contributed by atoms with van der Waals surface area (Å²) < 4.78 is 54.8. The normalized spacial score (nSPS) is 31.1. The molecule has 13 heteroatoms. The second-order valence-electron chi connectivity index (χ2n) is 11.6. The summed E-state index contributed by atoms with van der Waals surface area (Å²) in [6.07, 6.45) is 6.38. The quantitative estimate of drug-likeness (QED) is 0.0780. The Kier molecular flexibility index (Phi) is 16.8. The molecule has 2 rings (SSSR count). The van der Waals surface area contributed by atoms with Crippen LogP contribution in [0.15, 0.2) is 0 Å². The van der Waals surface area contributed by atoms with Crippen molar-refractivity contribution < 1.29 is 41.9 Å². The van der Waals surface area contributed by atoms with Gasteiger partial charge in [0.15, 0.2) is 0 Å². The Morgan fingerprint density at radius 2 is 1.64 bits per heavy atom. The molecule has 42 heavy (non-hydrogen) atoms. The third-order valence-corrected chi connectivity index (χ3v) is 12.7. The van der Waals surface area contributed by atoms with E-state index in [1.54, 1.807) is 35.8 Å². The van der Waals surface area contributed by atoms with Crippen molar-refractivity contribution in [3.63, 3.8) is 0 Å². The predicted molar refractivity (Wildman–Crippen MR) is 168 cm³/mol. The van der Waals surface area contributed by atoms with Crippen molar-refractivity contribution in [3.05, 3.63) is 0 Å². The number of terminal acetylenes is 1. The van der Waals surface area contributed by atoms with E-state index in [9.17, 15) is 9.36 Å². The molecule has 1 N–H and O–H groups in total. The number of nitrogens with one attached hydrogen (secondary N) is 1. The maximum Gasteiger partial charge on any atom is 0.475 e. The number of unbranched alkanes of at least 4 members (excludes halogenated alkanes) is 1. The van der Waals surface area contributed by atoms with Gasteiger partial charge >= 0.3 is 7.82 Å². The molecule has 0 aliphatic carbocycles. The zero-order chi connectivity index (χ0) is 31.3. The van der Waals surface area contributed by atoms with Gasteiger partial charge in [0.1, 0.15) is 18.3 Å². The lowest BCUT2D eigenvalue weighted by molar-refractivity contribution is -0.121. The molecule has 10 nitrogen and oxygen atoms in total. The zero-order valence-electron chi connectivity index (χ0n) is 26.5. The molecular formula is C29H52NO9PS2. The Morgan fingerprint density at radius 1 is 1.00 bits per heavy atom. The maximum absolute atomic E-state index is 14.0. The molecule has 2 fully saturated rings. The smallest absolute Gasteiger partial charge is 0.382 e. The van der Waals surface area contributed by atoms with Crippen LogP contribution in [0.2, 0.25) is 0 Å². The first-order valence-corrected chi connectivity index (χ1v) is 18.5. The van der Waals surface area contributed by atoms with Crippen LogP contribution in [0.3, 0.4) is 0 Å². The number of rotatable bonds is 20. The van der Waals surface area contributed by atoms with Gasteiger partial charge in [-0.1, -0.05) is 41.4 Å². The third kappa shape index (κ3) is 12.2. The Bertz CT molecular complexity index is 905. The summed E-state index contributed by atoms with van der Waals surface area (Å²) in [5.74, 6) is 3.41. The average Bonchev–Trinajstić information content (AvgIpc) is 3.37. The van der Waals surface area contributed by atoms with Crippen LogP contribution in [0.1, 0.15) is 67.2 Å². The van der Waals surface area contributed by atoms with Gasteiger partial charge in [-0.15, -0.1) is 6.42 Å². The van der Waals surface area contributed by atoms with Gasteiger partial charge in [0.25, 0.3) is 0 Å². The van der Waals surface area contributed by atoms with Crippen LogP contribution in [-0.4, -0.2) is 93.6 Å². The fraction of sp³-hybridized carbons (Fsp3) is 0.897. The first-order chi connectivity index (χ1) is 19.9. The second kappa shape index (κ2) is 18.6. The molecule has 244 valence electrons. The summed E-state index contributed by atoms with van der Waals surface area (Å²) in [7, 11) is 2.79. The summed E-state index contributed by atoms with van der Waals surface area (Å²) in [6, 6.07) is 0. The highest BCUT2D eigenvalue weighted by Gasteiger charge is 2.47. The SMILES string of the molecule is C#CCNC(=O)CCC(C)(C)SSCCCCOP(=O)(OCC1OC(C)C(C)C1OC)OC1C(COC)OC(C)C1C. The van der Waals surface area contributed by atoms with Crippen LogP contribution in [0.5, 0.6) is 0 Å². The van der Waals surface area contributed by atoms with Gasteiger partial charge in [0.05, 0.1) is 44.7 Å². The van der Waals surface area contributed by atoms with Crippen molar-refractivity contribution in [2.24, 2.45) is 11.8 Å². The number of methoxy groups -OCH3 is 2. The molecule has 0 spiro atoms. The van der Waals surface area contributed by atoms with Crippen LogP contribution in [-0.2, 0) is 41.9 Å². The van der Waals surface area contributed by atoms with Gasteiger partial charge in [-0.2, -0.15) is 0 Å². The van der Waals surface area contributed by atoms with Gasteiger partial charge in [0.2, 0.25) is 5.91 Å². The molecule has 0 aromatic carbocycles. The van der Waals surface area contributed by atoms with Gasteiger partial charge in [0, 0.05) is 43.0 Å². The number of carbonyl (C=O) groups excluding carboxylic acids is 1. The number of hydrogen-bond acceptors (Lipinski definition) is 11. The Hall–Kier alpha value is -0.320. The molecule has 0 saturated carbocycles. The summed E-state index contributed by atoms with van der Waals surface area (Å²) in [6.45, 7) is 13.1. The highest BCUT2D eigenvalue weighted by Crippen LogP contribution is 2.54. The van der Waals surface area contributed by atoms with Crippen molar-refractivity contribution in [3.8, 4) is 12.3 Å². The summed E-state index contributed by atoms with van der Waals surface area (Å²) >= 11 is 0. The first kappa shape index (κ1) is 37.9. The summed E-state index contributed by atoms with van der Waals surface area (Å²) in [5.41, 5.74) is 0. The molecule has 2 saturated heterocycles. The minimum atomic E-state index is -3.96. The Balaban J connectivity index is 1.88. The molecule has 9 unspecified atom stereocenters. The van der Waals surface area contributed by atoms with Crippen molar-refractivity contribution >= 4 is 35.3 Å². The molecule has 0 aromatic heterocycles. The van der Waals surface area contributed by atoms with Crippen molar-refractivity contribution in [1.82, 2.24) is 5.32 Å². The molecule has 2 heterocycles. The second-order valence-corrected chi connectivity index (χ2v) is 16.4. The Morgan fingerprint density at radius 3 is 2.26 bits per heavy atom.